The summed E-state index contributed by atoms with van der Waals surface area (Å²) in [6.45, 7) is 4.23. The number of fused-ring (bicyclic) bond motifs is 1. The number of nitrogens with one attached hydrogen (secondary N) is 1. The molecule has 0 saturated carbocycles. The van der Waals surface area contributed by atoms with E-state index in [0.717, 1.165) is 12.1 Å². The quantitative estimate of drug-likeness (QED) is 0.664. The SMILES string of the molecule is C[C@@H](Nc1nnc(Cl)c2c1CN(C(=O)N1CCOCC1)C2)c1cc(N)cc(C(F)(F)F)c1. The number of hydrogen-bond donors (Lipinski definition) is 2. The molecule has 1 aromatic heterocycles. The minimum atomic E-state index is -4.51. The van der Waals surface area contributed by atoms with E-state index < -0.39 is 17.8 Å². The summed E-state index contributed by atoms with van der Waals surface area (Å²) in [5, 5.41) is 11.3. The predicted octanol–water partition coefficient (Wildman–Crippen LogP) is 3.67. The summed E-state index contributed by atoms with van der Waals surface area (Å²) in [4.78, 5) is 16.2. The molecule has 0 spiro atoms. The molecule has 0 unspecified atom stereocenters. The van der Waals surface area contributed by atoms with Crippen molar-refractivity contribution in [3.8, 4) is 0 Å². The van der Waals surface area contributed by atoms with E-state index >= 15 is 0 Å². The smallest absolute Gasteiger partial charge is 0.399 e. The van der Waals surface area contributed by atoms with Crippen LogP contribution in [-0.4, -0.2) is 52.3 Å². The molecule has 2 amide bonds. The molecule has 0 aliphatic carbocycles. The summed E-state index contributed by atoms with van der Waals surface area (Å²) in [5.74, 6) is 0.366. The van der Waals surface area contributed by atoms with E-state index in [2.05, 4.69) is 15.5 Å². The first-order chi connectivity index (χ1) is 15.1. The Morgan fingerprint density at radius 2 is 1.84 bits per heavy atom. The van der Waals surface area contributed by atoms with Crippen LogP contribution in [0.15, 0.2) is 18.2 Å². The van der Waals surface area contributed by atoms with Gasteiger partial charge in [-0.3, -0.25) is 0 Å². The summed E-state index contributed by atoms with van der Waals surface area (Å²) in [6.07, 6.45) is -4.51. The third-order valence-electron chi connectivity index (χ3n) is 5.55. The monoisotopic (exact) mass is 470 g/mol. The number of nitrogens with two attached hydrogens (primary N) is 1. The minimum Gasteiger partial charge on any atom is -0.399 e. The van der Waals surface area contributed by atoms with Gasteiger partial charge < -0.3 is 25.6 Å². The highest BCUT2D eigenvalue weighted by Gasteiger charge is 2.34. The highest BCUT2D eigenvalue weighted by Crippen LogP contribution is 2.36. The van der Waals surface area contributed by atoms with E-state index in [-0.39, 0.29) is 30.0 Å². The number of halogens is 4. The standard InChI is InChI=1S/C20H22ClF3N6O2/c1-11(12-6-13(20(22,23)24)8-14(25)7-12)26-18-16-10-30(9-15(16)17(21)27-28-18)19(31)29-2-4-32-5-3-29/h6-8,11H,2-5,9-10,25H2,1H3,(H,26,28)/t11-/m1/s1. The van der Waals surface area contributed by atoms with Gasteiger partial charge in [0.2, 0.25) is 0 Å². The summed E-state index contributed by atoms with van der Waals surface area (Å²) in [5.41, 5.74) is 6.59. The van der Waals surface area contributed by atoms with E-state index in [1.165, 1.54) is 6.07 Å². The summed E-state index contributed by atoms with van der Waals surface area (Å²) in [6, 6.07) is 2.73. The number of nitrogens with zero attached hydrogens (tertiary/aromatic N) is 4. The van der Waals surface area contributed by atoms with Gasteiger partial charge in [-0.1, -0.05) is 11.6 Å². The molecule has 3 N–H and O–H groups in total. The van der Waals surface area contributed by atoms with Crippen molar-refractivity contribution in [2.45, 2.75) is 32.2 Å². The van der Waals surface area contributed by atoms with Crippen LogP contribution in [0, 0.1) is 0 Å². The molecular weight excluding hydrogens is 449 g/mol. The van der Waals surface area contributed by atoms with Gasteiger partial charge in [-0.15, -0.1) is 10.2 Å². The maximum atomic E-state index is 13.2. The fraction of sp³-hybridized carbons (Fsp3) is 0.450. The number of amides is 2. The van der Waals surface area contributed by atoms with Crippen LogP contribution in [0.2, 0.25) is 5.15 Å². The second-order valence-electron chi connectivity index (χ2n) is 7.79. The lowest BCUT2D eigenvalue weighted by Gasteiger charge is -2.30. The zero-order chi connectivity index (χ0) is 23.0. The van der Waals surface area contributed by atoms with Crippen LogP contribution in [0.3, 0.4) is 0 Å². The number of morpholine rings is 1. The number of alkyl halides is 3. The van der Waals surface area contributed by atoms with Gasteiger partial charge in [0, 0.05) is 29.9 Å². The van der Waals surface area contributed by atoms with E-state index in [0.29, 0.717) is 48.8 Å². The molecular formula is C20H22ClF3N6O2. The summed E-state index contributed by atoms with van der Waals surface area (Å²) in [7, 11) is 0. The Kier molecular flexibility index (Phi) is 6.04. The minimum absolute atomic E-state index is 0.0122. The average molecular weight is 471 g/mol. The van der Waals surface area contributed by atoms with Crippen LogP contribution >= 0.6 is 11.6 Å². The summed E-state index contributed by atoms with van der Waals surface area (Å²) < 4.78 is 44.8. The largest absolute Gasteiger partial charge is 0.416 e. The highest BCUT2D eigenvalue weighted by atomic mass is 35.5. The lowest BCUT2D eigenvalue weighted by molar-refractivity contribution is -0.137. The van der Waals surface area contributed by atoms with Crippen molar-refractivity contribution in [1.29, 1.82) is 0 Å². The molecule has 1 fully saturated rings. The number of anilines is 2. The molecule has 32 heavy (non-hydrogen) atoms. The maximum absolute atomic E-state index is 13.2. The van der Waals surface area contributed by atoms with Crippen molar-refractivity contribution in [3.05, 3.63) is 45.6 Å². The van der Waals surface area contributed by atoms with Crippen molar-refractivity contribution in [3.63, 3.8) is 0 Å². The van der Waals surface area contributed by atoms with E-state index in [4.69, 9.17) is 22.1 Å². The average Bonchev–Trinajstić information content (AvgIpc) is 3.21. The number of rotatable bonds is 3. The molecule has 2 aromatic rings. The Morgan fingerprint density at radius 1 is 1.16 bits per heavy atom. The second-order valence-corrected chi connectivity index (χ2v) is 8.14. The van der Waals surface area contributed by atoms with Crippen LogP contribution in [0.25, 0.3) is 0 Å². The fourth-order valence-corrected chi connectivity index (χ4v) is 4.05. The summed E-state index contributed by atoms with van der Waals surface area (Å²) >= 11 is 6.23. The van der Waals surface area contributed by atoms with Gasteiger partial charge in [-0.2, -0.15) is 13.2 Å². The van der Waals surface area contributed by atoms with E-state index in [1.807, 2.05) is 0 Å². The molecule has 172 valence electrons. The van der Waals surface area contributed by atoms with Crippen LogP contribution in [0.4, 0.5) is 29.5 Å². The van der Waals surface area contributed by atoms with Crippen LogP contribution in [-0.2, 0) is 24.0 Å². The molecule has 8 nitrogen and oxygen atoms in total. The maximum Gasteiger partial charge on any atom is 0.416 e. The van der Waals surface area contributed by atoms with Gasteiger partial charge in [0.05, 0.1) is 37.9 Å². The second kappa shape index (κ2) is 8.62. The lowest BCUT2D eigenvalue weighted by atomic mass is 10.0. The van der Waals surface area contributed by atoms with Crippen molar-refractivity contribution in [2.24, 2.45) is 0 Å². The molecule has 0 radical (unpaired) electrons. The Morgan fingerprint density at radius 3 is 2.53 bits per heavy atom. The van der Waals surface area contributed by atoms with Crippen molar-refractivity contribution >= 4 is 29.1 Å². The van der Waals surface area contributed by atoms with Crippen LogP contribution in [0.5, 0.6) is 0 Å². The van der Waals surface area contributed by atoms with Gasteiger partial charge >= 0.3 is 12.2 Å². The number of ether oxygens (including phenoxy) is 1. The number of carbonyl (C=O) groups is 1. The molecule has 4 rings (SSSR count). The molecule has 2 aliphatic rings. The Hall–Kier alpha value is -2.79. The zero-order valence-electron chi connectivity index (χ0n) is 17.2. The highest BCUT2D eigenvalue weighted by molar-refractivity contribution is 6.30. The molecule has 12 heteroatoms. The zero-order valence-corrected chi connectivity index (χ0v) is 18.0. The first-order valence-electron chi connectivity index (χ1n) is 10.0. The topological polar surface area (TPSA) is 96.6 Å². The Bertz CT molecular complexity index is 1030. The number of urea groups is 1. The molecule has 0 bridgehead atoms. The van der Waals surface area contributed by atoms with Crippen LogP contribution in [0.1, 0.15) is 35.2 Å². The first-order valence-corrected chi connectivity index (χ1v) is 10.4. The van der Waals surface area contributed by atoms with E-state index in [9.17, 15) is 18.0 Å². The van der Waals surface area contributed by atoms with E-state index in [1.54, 1.807) is 16.7 Å². The number of aromatic nitrogens is 2. The Balaban J connectivity index is 1.55. The van der Waals surface area contributed by atoms with Gasteiger partial charge in [0.15, 0.2) is 11.0 Å². The third kappa shape index (κ3) is 4.53. The van der Waals surface area contributed by atoms with Gasteiger partial charge in [0.25, 0.3) is 0 Å². The number of nitrogen functional groups attached to an aromatic ring is 1. The third-order valence-corrected chi connectivity index (χ3v) is 5.85. The Labute approximate surface area is 187 Å². The van der Waals surface area contributed by atoms with Crippen molar-refractivity contribution < 1.29 is 22.7 Å². The molecule has 1 aromatic carbocycles. The predicted molar refractivity (Wildman–Crippen MR) is 112 cm³/mol. The molecule has 1 saturated heterocycles. The lowest BCUT2D eigenvalue weighted by Crippen LogP contribution is -2.46. The van der Waals surface area contributed by atoms with Crippen molar-refractivity contribution in [1.82, 2.24) is 20.0 Å². The molecule has 2 aliphatic heterocycles. The number of benzene rings is 1. The van der Waals surface area contributed by atoms with Gasteiger partial charge in [0.1, 0.15) is 0 Å². The first kappa shape index (κ1) is 22.4. The molecule has 1 atom stereocenters. The van der Waals surface area contributed by atoms with Crippen molar-refractivity contribution in [2.75, 3.05) is 37.4 Å². The number of carbonyl (C=O) groups excluding carboxylic acids is 1. The van der Waals surface area contributed by atoms with Crippen LogP contribution < -0.4 is 11.1 Å². The molecule has 3 heterocycles. The fourth-order valence-electron chi connectivity index (χ4n) is 3.84. The number of hydrogen-bond acceptors (Lipinski definition) is 6. The van der Waals surface area contributed by atoms with Gasteiger partial charge in [-0.05, 0) is 30.7 Å². The normalized spacial score (nSPS) is 17.3. The van der Waals surface area contributed by atoms with Gasteiger partial charge in [-0.25, -0.2) is 4.79 Å².